The third-order valence-electron chi connectivity index (χ3n) is 6.31. The maximum Gasteiger partial charge on any atom is 0.243 e. The Bertz CT molecular complexity index is 1220. The van der Waals surface area contributed by atoms with Crippen molar-refractivity contribution in [3.05, 3.63) is 48.0 Å². The molecule has 8 heteroatoms. The normalized spacial score (nSPS) is 13.8. The number of rotatable bonds is 13. The number of hydrogen-bond donors (Lipinski definition) is 0. The average Bonchev–Trinajstić information content (AvgIpc) is 3.34. The van der Waals surface area contributed by atoms with Crippen LogP contribution in [0, 0.1) is 24.7 Å². The second-order valence-electron chi connectivity index (χ2n) is 11.4. The lowest BCUT2D eigenvalue weighted by Gasteiger charge is -2.37. The minimum Gasteiger partial charge on any atom is -0.464 e. The molecule has 0 spiro atoms. The fourth-order valence-corrected chi connectivity index (χ4v) is 6.64. The number of hydrogen-bond acceptors (Lipinski definition) is 5. The highest BCUT2D eigenvalue weighted by atomic mass is 32.2. The van der Waals surface area contributed by atoms with Crippen molar-refractivity contribution in [3.8, 4) is 0 Å². The van der Waals surface area contributed by atoms with Crippen LogP contribution in [-0.4, -0.2) is 53.1 Å². The fraction of sp³-hybridized carbons (Fsp3) is 0.607. The summed E-state index contributed by atoms with van der Waals surface area (Å²) in [6.45, 7) is 18.0. The summed E-state index contributed by atoms with van der Waals surface area (Å²) in [5.41, 5.74) is 2.45. The molecule has 0 aliphatic rings. The highest BCUT2D eigenvalue weighted by Crippen LogP contribution is 2.28. The number of fused-ring (bicyclic) bond motifs is 1. The second kappa shape index (κ2) is 11.9. The Hall–Kier alpha value is -2.16. The molecular formula is C28H44N4O3S. The van der Waals surface area contributed by atoms with Crippen LogP contribution in [0.25, 0.3) is 11.0 Å². The van der Waals surface area contributed by atoms with Gasteiger partial charge in [0.1, 0.15) is 5.58 Å². The molecule has 2 aromatic heterocycles. The van der Waals surface area contributed by atoms with Gasteiger partial charge in [-0.3, -0.25) is 4.68 Å². The number of furan rings is 1. The van der Waals surface area contributed by atoms with Crippen molar-refractivity contribution >= 4 is 21.0 Å². The molecule has 0 bridgehead atoms. The lowest BCUT2D eigenvalue weighted by Crippen LogP contribution is -2.48. The number of benzene rings is 1. The third-order valence-corrected chi connectivity index (χ3v) is 8.21. The first-order valence-electron chi connectivity index (χ1n) is 13.1. The van der Waals surface area contributed by atoms with E-state index in [2.05, 4.69) is 51.5 Å². The summed E-state index contributed by atoms with van der Waals surface area (Å²) in [4.78, 5) is 2.74. The summed E-state index contributed by atoms with van der Waals surface area (Å²) >= 11 is 0. The topological polar surface area (TPSA) is 71.6 Å². The van der Waals surface area contributed by atoms with Crippen LogP contribution >= 0.6 is 0 Å². The molecule has 36 heavy (non-hydrogen) atoms. The van der Waals surface area contributed by atoms with Crippen LogP contribution in [0.3, 0.4) is 0 Å². The van der Waals surface area contributed by atoms with Crippen molar-refractivity contribution in [2.45, 2.75) is 72.4 Å². The van der Waals surface area contributed by atoms with Crippen LogP contribution in [0.4, 0.5) is 0 Å². The lowest BCUT2D eigenvalue weighted by atomic mass is 10.0. The lowest BCUT2D eigenvalue weighted by molar-refractivity contribution is 0.151. The highest BCUT2D eigenvalue weighted by molar-refractivity contribution is 7.89. The van der Waals surface area contributed by atoms with E-state index in [1.807, 2.05) is 26.1 Å². The summed E-state index contributed by atoms with van der Waals surface area (Å²) in [5.74, 6) is 1.34. The summed E-state index contributed by atoms with van der Waals surface area (Å²) in [7, 11) is -1.92. The van der Waals surface area contributed by atoms with Gasteiger partial charge in [-0.05, 0) is 61.4 Å². The molecule has 0 saturated heterocycles. The minimum absolute atomic E-state index is 0.178. The Labute approximate surface area is 217 Å². The molecule has 0 aliphatic heterocycles. The van der Waals surface area contributed by atoms with E-state index < -0.39 is 10.0 Å². The first kappa shape index (κ1) is 28.4. The number of aromatic nitrogens is 2. The Morgan fingerprint density at radius 1 is 0.944 bits per heavy atom. The average molecular weight is 517 g/mol. The molecule has 1 atom stereocenters. The SMILES string of the molecule is Cc1cc(CN([C@@H](CC(C)C)CN(CC(C)C)CC(C)C)S(=O)(=O)c2ccc3occc3c2)n(C)n1. The molecule has 200 valence electrons. The van der Waals surface area contributed by atoms with Gasteiger partial charge in [-0.2, -0.15) is 9.40 Å². The summed E-state index contributed by atoms with van der Waals surface area (Å²) < 4.78 is 37.6. The molecule has 0 fully saturated rings. The minimum atomic E-state index is -3.80. The number of nitrogens with zero attached hydrogens (tertiary/aromatic N) is 4. The second-order valence-corrected chi connectivity index (χ2v) is 13.3. The summed E-state index contributed by atoms with van der Waals surface area (Å²) in [5, 5.41) is 5.27. The standard InChI is InChI=1S/C28H44N4O3S/c1-20(2)13-26(18-31(16-21(3)4)17-22(5)6)32(19-25-14-23(7)29-30(25)8)36(33,34)27-9-10-28-24(15-27)11-12-35-28/h9-12,14-15,20-22,26H,13,16-19H2,1-8H3/t26-/m0/s1. The van der Waals surface area contributed by atoms with Gasteiger partial charge in [0, 0.05) is 38.1 Å². The van der Waals surface area contributed by atoms with Crippen LogP contribution < -0.4 is 0 Å². The van der Waals surface area contributed by atoms with Crippen molar-refractivity contribution in [2.75, 3.05) is 19.6 Å². The van der Waals surface area contributed by atoms with Gasteiger partial charge in [0.05, 0.1) is 29.1 Å². The van der Waals surface area contributed by atoms with Crippen molar-refractivity contribution < 1.29 is 12.8 Å². The molecule has 0 amide bonds. The Morgan fingerprint density at radius 3 is 2.17 bits per heavy atom. The first-order valence-corrected chi connectivity index (χ1v) is 14.5. The van der Waals surface area contributed by atoms with E-state index in [9.17, 15) is 8.42 Å². The molecule has 0 aliphatic carbocycles. The maximum atomic E-state index is 14.3. The van der Waals surface area contributed by atoms with Crippen LogP contribution in [0.2, 0.25) is 0 Å². The van der Waals surface area contributed by atoms with Crippen molar-refractivity contribution in [2.24, 2.45) is 24.8 Å². The zero-order valence-corrected chi connectivity index (χ0v) is 24.0. The molecule has 3 aromatic rings. The van der Waals surface area contributed by atoms with Gasteiger partial charge >= 0.3 is 0 Å². The van der Waals surface area contributed by atoms with Crippen LogP contribution in [0.15, 0.2) is 45.9 Å². The van der Waals surface area contributed by atoms with E-state index in [1.54, 1.807) is 33.4 Å². The highest BCUT2D eigenvalue weighted by Gasteiger charge is 2.34. The molecule has 0 N–H and O–H groups in total. The Balaban J connectivity index is 2.08. The molecule has 0 unspecified atom stereocenters. The Kier molecular flexibility index (Phi) is 9.41. The smallest absolute Gasteiger partial charge is 0.243 e. The molecule has 7 nitrogen and oxygen atoms in total. The van der Waals surface area contributed by atoms with Gasteiger partial charge < -0.3 is 9.32 Å². The van der Waals surface area contributed by atoms with Gasteiger partial charge in [0.15, 0.2) is 0 Å². The molecule has 3 rings (SSSR count). The van der Waals surface area contributed by atoms with Crippen LogP contribution in [0.1, 0.15) is 59.4 Å². The van der Waals surface area contributed by atoms with E-state index in [-0.39, 0.29) is 12.6 Å². The largest absolute Gasteiger partial charge is 0.464 e. The van der Waals surface area contributed by atoms with Gasteiger partial charge in [0.25, 0.3) is 0 Å². The van der Waals surface area contributed by atoms with Crippen molar-refractivity contribution in [1.82, 2.24) is 19.0 Å². The third kappa shape index (κ3) is 7.20. The molecule has 1 aromatic carbocycles. The van der Waals surface area contributed by atoms with Gasteiger partial charge in [-0.1, -0.05) is 41.5 Å². The molecular weight excluding hydrogens is 472 g/mol. The monoisotopic (exact) mass is 516 g/mol. The fourth-order valence-electron chi connectivity index (χ4n) is 5.00. The summed E-state index contributed by atoms with van der Waals surface area (Å²) in [6.07, 6.45) is 2.37. The predicted molar refractivity (Wildman–Crippen MR) is 146 cm³/mol. The maximum absolute atomic E-state index is 14.3. The van der Waals surface area contributed by atoms with E-state index >= 15 is 0 Å². The number of sulfonamides is 1. The van der Waals surface area contributed by atoms with E-state index in [0.29, 0.717) is 34.8 Å². The van der Waals surface area contributed by atoms with Crippen molar-refractivity contribution in [1.29, 1.82) is 0 Å². The van der Waals surface area contributed by atoms with Crippen molar-refractivity contribution in [3.63, 3.8) is 0 Å². The molecule has 0 saturated carbocycles. The van der Waals surface area contributed by atoms with E-state index in [4.69, 9.17) is 4.42 Å². The van der Waals surface area contributed by atoms with Gasteiger partial charge in [-0.25, -0.2) is 8.42 Å². The Morgan fingerprint density at radius 2 is 1.61 bits per heavy atom. The first-order chi connectivity index (χ1) is 16.9. The summed E-state index contributed by atoms with van der Waals surface area (Å²) in [6, 6.07) is 8.74. The zero-order valence-electron chi connectivity index (χ0n) is 23.2. The van der Waals surface area contributed by atoms with Crippen LogP contribution in [-0.2, 0) is 23.6 Å². The number of aryl methyl sites for hydroxylation is 2. The van der Waals surface area contributed by atoms with E-state index in [0.717, 1.165) is 36.3 Å². The predicted octanol–water partition coefficient (Wildman–Crippen LogP) is 5.69. The van der Waals surface area contributed by atoms with E-state index in [1.165, 1.54) is 0 Å². The quantitative estimate of drug-likeness (QED) is 0.292. The molecule has 0 radical (unpaired) electrons. The van der Waals surface area contributed by atoms with Gasteiger partial charge in [-0.15, -0.1) is 0 Å². The zero-order chi connectivity index (χ0) is 26.6. The molecule has 2 heterocycles. The van der Waals surface area contributed by atoms with Gasteiger partial charge in [0.2, 0.25) is 10.0 Å². The van der Waals surface area contributed by atoms with Crippen LogP contribution in [0.5, 0.6) is 0 Å².